The third-order valence-corrected chi connectivity index (χ3v) is 23.2. The SMILES string of the molecule is BrCCCCn1c2ccccc2c2ccc(N(c3ccc(N(c4ccc(N(c5ccc6c7ccccc7n(CCCCBr)c6c5)c5ccc6c7ccccc7n(-c7ccccc7)c6c5)cc4)c4ccc5c6ccccc6n(-c6ccccc6)c5c4)cc3)c3ccc4c5ccccc5n(-c5ccccc5)c4c3)cc21. The smallest absolute Gasteiger partial charge is 0.0561 e. The molecule has 0 saturated carbocycles. The molecule has 0 fully saturated rings. The van der Waals surface area contributed by atoms with Crippen LogP contribution in [0, 0.1) is 0 Å². The van der Waals surface area contributed by atoms with Crippen LogP contribution in [-0.2, 0) is 13.1 Å². The van der Waals surface area contributed by atoms with E-state index < -0.39 is 0 Å². The molecule has 520 valence electrons. The first kappa shape index (κ1) is 65.2. The number of hydrogen-bond acceptors (Lipinski definition) is 3. The number of alkyl halides is 2. The molecule has 0 saturated heterocycles. The molecule has 15 aromatic carbocycles. The Morgan fingerprint density at radius 2 is 0.398 bits per heavy atom. The largest absolute Gasteiger partial charge is 0.340 e. The minimum atomic E-state index is 0.917. The van der Waals surface area contributed by atoms with Gasteiger partial charge < -0.3 is 37.5 Å². The summed E-state index contributed by atoms with van der Waals surface area (Å²) in [6.45, 7) is 1.83. The van der Waals surface area contributed by atoms with Crippen molar-refractivity contribution in [2.45, 2.75) is 38.8 Å². The summed E-state index contributed by atoms with van der Waals surface area (Å²) in [5, 5.41) is 14.3. The van der Waals surface area contributed by atoms with Crippen LogP contribution in [0.15, 0.2) is 352 Å². The number of para-hydroxylation sites is 8. The predicted molar refractivity (Wildman–Crippen MR) is 466 cm³/mol. The first-order valence-electron chi connectivity index (χ1n) is 37.5. The average molecular weight is 1520 g/mol. The quantitative estimate of drug-likeness (QED) is 0.0563. The monoisotopic (exact) mass is 1520 g/mol. The number of aryl methyl sites for hydroxylation is 2. The first-order chi connectivity index (χ1) is 53.5. The van der Waals surface area contributed by atoms with Crippen molar-refractivity contribution in [3.63, 3.8) is 0 Å². The van der Waals surface area contributed by atoms with E-state index in [1.54, 1.807) is 0 Å². The molecule has 0 unspecified atom stereocenters. The van der Waals surface area contributed by atoms with Gasteiger partial charge in [-0.1, -0.05) is 208 Å². The molecule has 10 heteroatoms. The third kappa shape index (κ3) is 11.1. The van der Waals surface area contributed by atoms with Crippen LogP contribution in [-0.4, -0.2) is 33.5 Å². The van der Waals surface area contributed by atoms with E-state index in [1.807, 2.05) is 0 Å². The van der Waals surface area contributed by atoms with Gasteiger partial charge in [0.25, 0.3) is 0 Å². The summed E-state index contributed by atoms with van der Waals surface area (Å²) in [6.07, 6.45) is 4.31. The fourth-order valence-electron chi connectivity index (χ4n) is 17.3. The number of aromatic nitrogens is 5. The van der Waals surface area contributed by atoms with Crippen LogP contribution >= 0.6 is 31.9 Å². The van der Waals surface area contributed by atoms with Crippen LogP contribution in [0.1, 0.15) is 25.7 Å². The second-order valence-electron chi connectivity index (χ2n) is 28.2. The van der Waals surface area contributed by atoms with Crippen LogP contribution < -0.4 is 14.7 Å². The van der Waals surface area contributed by atoms with Crippen LogP contribution in [0.25, 0.3) is 126 Å². The van der Waals surface area contributed by atoms with Gasteiger partial charge in [0.1, 0.15) is 0 Å². The summed E-state index contributed by atoms with van der Waals surface area (Å²) in [5.74, 6) is 0. The molecule has 0 spiro atoms. The molecule has 0 radical (unpaired) electrons. The van der Waals surface area contributed by atoms with Crippen LogP contribution in [0.4, 0.5) is 51.2 Å². The van der Waals surface area contributed by atoms with Crippen molar-refractivity contribution in [3.8, 4) is 17.1 Å². The Hall–Kier alpha value is -12.3. The van der Waals surface area contributed by atoms with Crippen molar-refractivity contribution in [1.82, 2.24) is 22.8 Å². The topological polar surface area (TPSA) is 34.4 Å². The molecule has 0 amide bonds. The minimum Gasteiger partial charge on any atom is -0.340 e. The second kappa shape index (κ2) is 27.5. The van der Waals surface area contributed by atoms with E-state index >= 15 is 0 Å². The van der Waals surface area contributed by atoms with Crippen molar-refractivity contribution < 1.29 is 0 Å². The molecule has 20 aromatic rings. The highest BCUT2D eigenvalue weighted by Crippen LogP contribution is 2.48. The van der Waals surface area contributed by atoms with Gasteiger partial charge in [0.2, 0.25) is 0 Å². The number of benzene rings is 15. The summed E-state index contributed by atoms with van der Waals surface area (Å²) in [5.41, 5.74) is 24.7. The molecule has 20 rings (SSSR count). The van der Waals surface area contributed by atoms with E-state index in [0.717, 1.165) is 140 Å². The molecular formula is C98H74Br2N8. The maximum Gasteiger partial charge on any atom is 0.0561 e. The Kier molecular flexibility index (Phi) is 16.6. The normalized spacial score (nSPS) is 11.9. The fraction of sp³-hybridized carbons (Fsp3) is 0.0816. The highest BCUT2D eigenvalue weighted by atomic mass is 79.9. The molecule has 0 atom stereocenters. The van der Waals surface area contributed by atoms with Gasteiger partial charge in [-0.05, 0) is 202 Å². The summed E-state index contributed by atoms with van der Waals surface area (Å²) in [4.78, 5) is 7.37. The highest BCUT2D eigenvalue weighted by Gasteiger charge is 2.26. The van der Waals surface area contributed by atoms with Crippen molar-refractivity contribution in [2.75, 3.05) is 25.4 Å². The zero-order valence-electron chi connectivity index (χ0n) is 59.5. The molecule has 5 heterocycles. The van der Waals surface area contributed by atoms with Gasteiger partial charge in [0.15, 0.2) is 0 Å². The van der Waals surface area contributed by atoms with Crippen molar-refractivity contribution in [1.29, 1.82) is 0 Å². The van der Waals surface area contributed by atoms with Gasteiger partial charge in [-0.3, -0.25) is 0 Å². The standard InChI is InChI=1S/C98H74Br2N8/c99-58-20-22-60-101-89-35-15-10-30-79(89)84-53-48-74(62-94(84)101)104(77-51-56-87-82-33-13-18-38-92(82)107(97(87)65-77)68-26-6-2-7-27-68)72-44-40-70(41-45-72)103(76-50-55-86-81-32-12-17-37-91(81)106(96(86)64-76)67-24-4-1-5-25-67)71-42-46-73(47-43-71)105(75-49-54-85-80-31-11-16-36-90(80)102(95(85)63-75)61-23-21-59-100)78-52-57-88-83-34-14-19-39-93(83)108(98(88)66-78)69-28-8-3-9-29-69/h1-19,24-57,62-66H,20-23,58-61H2. The Morgan fingerprint density at radius 1 is 0.185 bits per heavy atom. The Bertz CT molecular complexity index is 6460. The van der Waals surface area contributed by atoms with E-state index in [0.29, 0.717) is 0 Å². The lowest BCUT2D eigenvalue weighted by Gasteiger charge is -2.30. The maximum absolute atomic E-state index is 3.75. The maximum atomic E-state index is 3.75. The van der Waals surface area contributed by atoms with Gasteiger partial charge in [-0.15, -0.1) is 0 Å². The first-order valence-corrected chi connectivity index (χ1v) is 39.8. The number of unbranched alkanes of at least 4 members (excludes halogenated alkanes) is 2. The molecule has 0 aliphatic heterocycles. The Balaban J connectivity index is 0.779. The van der Waals surface area contributed by atoms with Gasteiger partial charge in [0, 0.05) is 157 Å². The van der Waals surface area contributed by atoms with E-state index in [-0.39, 0.29) is 0 Å². The van der Waals surface area contributed by atoms with Crippen molar-refractivity contribution in [3.05, 3.63) is 352 Å². The number of anilines is 9. The van der Waals surface area contributed by atoms with Gasteiger partial charge in [-0.2, -0.15) is 0 Å². The van der Waals surface area contributed by atoms with Crippen LogP contribution in [0.2, 0.25) is 0 Å². The number of fused-ring (bicyclic) bond motifs is 15. The van der Waals surface area contributed by atoms with E-state index in [1.165, 1.54) is 87.0 Å². The summed E-state index contributed by atoms with van der Waals surface area (Å²) < 4.78 is 12.4. The molecular weight excluding hydrogens is 1450 g/mol. The molecule has 0 bridgehead atoms. The van der Waals surface area contributed by atoms with E-state index in [2.05, 4.69) is 421 Å². The zero-order chi connectivity index (χ0) is 71.8. The summed E-state index contributed by atoms with van der Waals surface area (Å²) in [7, 11) is 0. The predicted octanol–water partition coefficient (Wildman–Crippen LogP) is 28.0. The van der Waals surface area contributed by atoms with Crippen molar-refractivity contribution >= 4 is 192 Å². The number of nitrogens with zero attached hydrogens (tertiary/aromatic N) is 8. The lowest BCUT2D eigenvalue weighted by atomic mass is 10.1. The molecule has 0 aliphatic rings. The van der Waals surface area contributed by atoms with E-state index in [9.17, 15) is 0 Å². The van der Waals surface area contributed by atoms with Crippen molar-refractivity contribution in [2.24, 2.45) is 0 Å². The van der Waals surface area contributed by atoms with Crippen LogP contribution in [0.3, 0.4) is 0 Å². The van der Waals surface area contributed by atoms with Gasteiger partial charge >= 0.3 is 0 Å². The van der Waals surface area contributed by atoms with E-state index in [4.69, 9.17) is 0 Å². The lowest BCUT2D eigenvalue weighted by Crippen LogP contribution is -2.13. The summed E-state index contributed by atoms with van der Waals surface area (Å²) >= 11 is 7.49. The molecule has 8 nitrogen and oxygen atoms in total. The molecule has 108 heavy (non-hydrogen) atoms. The Morgan fingerprint density at radius 3 is 0.685 bits per heavy atom. The Labute approximate surface area is 643 Å². The fourth-order valence-corrected chi connectivity index (χ4v) is 18.1. The lowest BCUT2D eigenvalue weighted by molar-refractivity contribution is 0.670. The minimum absolute atomic E-state index is 0.917. The van der Waals surface area contributed by atoms with Gasteiger partial charge in [0.05, 0.1) is 44.1 Å². The molecule has 5 aromatic heterocycles. The van der Waals surface area contributed by atoms with Crippen LogP contribution in [0.5, 0.6) is 0 Å². The highest BCUT2D eigenvalue weighted by molar-refractivity contribution is 9.09. The second-order valence-corrected chi connectivity index (χ2v) is 29.8. The number of halogens is 2. The zero-order valence-corrected chi connectivity index (χ0v) is 62.6. The number of hydrogen-bond donors (Lipinski definition) is 0. The molecule has 0 N–H and O–H groups in total. The number of rotatable bonds is 20. The average Bonchev–Trinajstić information content (AvgIpc) is 1.57. The summed E-state index contributed by atoms with van der Waals surface area (Å²) in [6, 6.07) is 131. The third-order valence-electron chi connectivity index (χ3n) is 22.1. The van der Waals surface area contributed by atoms with Gasteiger partial charge in [-0.25, -0.2) is 0 Å². The molecule has 0 aliphatic carbocycles.